The van der Waals surface area contributed by atoms with Gasteiger partial charge in [-0.15, -0.1) is 0 Å². The highest BCUT2D eigenvalue weighted by Gasteiger charge is 2.35. The number of nitrogens with two attached hydrogens (primary N) is 1. The summed E-state index contributed by atoms with van der Waals surface area (Å²) in [6, 6.07) is 4.92. The molecule has 2 aliphatic rings. The van der Waals surface area contributed by atoms with Gasteiger partial charge in [0.15, 0.2) is 5.65 Å². The second-order valence-electron chi connectivity index (χ2n) is 5.62. The average molecular weight is 242 g/mol. The first kappa shape index (κ1) is 10.5. The predicted molar refractivity (Wildman–Crippen MR) is 70.4 cm³/mol. The summed E-state index contributed by atoms with van der Waals surface area (Å²) in [7, 11) is 0. The summed E-state index contributed by atoms with van der Waals surface area (Å²) in [5.41, 5.74) is 8.33. The van der Waals surface area contributed by atoms with Crippen LogP contribution in [0.1, 0.15) is 49.9 Å². The molecule has 0 bridgehead atoms. The molecular weight excluding hydrogens is 224 g/mol. The minimum atomic E-state index is 0.277. The molecule has 2 saturated carbocycles. The fourth-order valence-corrected chi connectivity index (χ4v) is 3.21. The van der Waals surface area contributed by atoms with Gasteiger partial charge in [0.25, 0.3) is 0 Å². The molecule has 2 N–H and O–H groups in total. The standard InChI is InChI=1S/C14H18N4/c15-11-4-1-3-10(11)13-17-12-5-2-8-16-14(12)18(13)9-6-7-9/h2,5,8-11H,1,3-4,6-7,15H2. The van der Waals surface area contributed by atoms with Crippen molar-refractivity contribution in [3.05, 3.63) is 24.2 Å². The zero-order chi connectivity index (χ0) is 12.1. The van der Waals surface area contributed by atoms with Gasteiger partial charge in [0.05, 0.1) is 0 Å². The van der Waals surface area contributed by atoms with Crippen molar-refractivity contribution < 1.29 is 0 Å². The van der Waals surface area contributed by atoms with Crippen LogP contribution in [0.3, 0.4) is 0 Å². The van der Waals surface area contributed by atoms with E-state index in [-0.39, 0.29) is 6.04 Å². The molecule has 94 valence electrons. The molecule has 0 saturated heterocycles. The predicted octanol–water partition coefficient (Wildman–Crippen LogP) is 2.36. The van der Waals surface area contributed by atoms with Crippen LogP contribution in [0.15, 0.2) is 18.3 Å². The third-order valence-electron chi connectivity index (χ3n) is 4.29. The van der Waals surface area contributed by atoms with Crippen molar-refractivity contribution >= 4 is 11.2 Å². The van der Waals surface area contributed by atoms with Crippen LogP contribution in [-0.4, -0.2) is 20.6 Å². The maximum atomic E-state index is 6.25. The van der Waals surface area contributed by atoms with Gasteiger partial charge in [0.1, 0.15) is 11.3 Å². The molecule has 4 heteroatoms. The third-order valence-corrected chi connectivity index (χ3v) is 4.29. The highest BCUT2D eigenvalue weighted by molar-refractivity contribution is 5.71. The van der Waals surface area contributed by atoms with Crippen molar-refractivity contribution in [3.63, 3.8) is 0 Å². The summed E-state index contributed by atoms with van der Waals surface area (Å²) >= 11 is 0. The quantitative estimate of drug-likeness (QED) is 0.879. The second-order valence-corrected chi connectivity index (χ2v) is 5.62. The first-order valence-electron chi connectivity index (χ1n) is 6.93. The van der Waals surface area contributed by atoms with Crippen LogP contribution in [0, 0.1) is 0 Å². The van der Waals surface area contributed by atoms with Crippen LogP contribution in [0.4, 0.5) is 0 Å². The first-order chi connectivity index (χ1) is 8.84. The number of nitrogens with zero attached hydrogens (tertiary/aromatic N) is 3. The van der Waals surface area contributed by atoms with Gasteiger partial charge in [-0.2, -0.15) is 0 Å². The lowest BCUT2D eigenvalue weighted by atomic mass is 10.0. The average Bonchev–Trinajstić information content (AvgIpc) is 3.01. The molecule has 2 aromatic heterocycles. The Kier molecular flexibility index (Phi) is 2.21. The van der Waals surface area contributed by atoms with E-state index in [2.05, 4.69) is 15.6 Å². The van der Waals surface area contributed by atoms with Crippen molar-refractivity contribution in [2.75, 3.05) is 0 Å². The molecule has 0 amide bonds. The van der Waals surface area contributed by atoms with E-state index >= 15 is 0 Å². The highest BCUT2D eigenvalue weighted by Crippen LogP contribution is 2.42. The Morgan fingerprint density at radius 3 is 2.83 bits per heavy atom. The molecule has 2 fully saturated rings. The van der Waals surface area contributed by atoms with E-state index in [4.69, 9.17) is 10.7 Å². The van der Waals surface area contributed by atoms with E-state index in [0.29, 0.717) is 12.0 Å². The number of aromatic nitrogens is 3. The Morgan fingerprint density at radius 2 is 2.11 bits per heavy atom. The second kappa shape index (κ2) is 3.79. The number of imidazole rings is 1. The van der Waals surface area contributed by atoms with Gasteiger partial charge in [-0.25, -0.2) is 9.97 Å². The Balaban J connectivity index is 1.90. The van der Waals surface area contributed by atoms with E-state index in [1.54, 1.807) is 0 Å². The summed E-state index contributed by atoms with van der Waals surface area (Å²) in [6.07, 6.45) is 7.92. The summed E-state index contributed by atoms with van der Waals surface area (Å²) < 4.78 is 2.37. The minimum absolute atomic E-state index is 0.277. The molecule has 2 heterocycles. The molecule has 2 atom stereocenters. The number of rotatable bonds is 2. The van der Waals surface area contributed by atoms with Crippen LogP contribution in [0.5, 0.6) is 0 Å². The van der Waals surface area contributed by atoms with Gasteiger partial charge in [0.2, 0.25) is 0 Å². The molecule has 0 radical (unpaired) electrons. The Morgan fingerprint density at radius 1 is 1.22 bits per heavy atom. The van der Waals surface area contributed by atoms with Gasteiger partial charge < -0.3 is 10.3 Å². The van der Waals surface area contributed by atoms with Crippen molar-refractivity contribution in [1.29, 1.82) is 0 Å². The smallest absolute Gasteiger partial charge is 0.160 e. The molecular formula is C14H18N4. The highest BCUT2D eigenvalue weighted by atomic mass is 15.2. The lowest BCUT2D eigenvalue weighted by Gasteiger charge is -2.16. The van der Waals surface area contributed by atoms with Gasteiger partial charge in [-0.3, -0.25) is 0 Å². The fourth-order valence-electron chi connectivity index (χ4n) is 3.21. The Bertz CT molecular complexity index is 584. The maximum Gasteiger partial charge on any atom is 0.160 e. The van der Waals surface area contributed by atoms with Crippen LogP contribution in [0.25, 0.3) is 11.2 Å². The minimum Gasteiger partial charge on any atom is -0.327 e. The van der Waals surface area contributed by atoms with Crippen LogP contribution >= 0.6 is 0 Å². The zero-order valence-electron chi connectivity index (χ0n) is 10.4. The summed E-state index contributed by atoms with van der Waals surface area (Å²) in [5, 5.41) is 0. The summed E-state index contributed by atoms with van der Waals surface area (Å²) in [5.74, 6) is 1.62. The lowest BCUT2D eigenvalue weighted by Crippen LogP contribution is -2.25. The molecule has 0 aliphatic heterocycles. The zero-order valence-corrected chi connectivity index (χ0v) is 10.4. The van der Waals surface area contributed by atoms with Crippen LogP contribution < -0.4 is 5.73 Å². The van der Waals surface area contributed by atoms with Crippen molar-refractivity contribution in [2.24, 2.45) is 5.73 Å². The Labute approximate surface area is 106 Å². The topological polar surface area (TPSA) is 56.7 Å². The molecule has 2 unspecified atom stereocenters. The van der Waals surface area contributed by atoms with Crippen LogP contribution in [-0.2, 0) is 0 Å². The normalized spacial score (nSPS) is 28.1. The third kappa shape index (κ3) is 1.48. The van der Waals surface area contributed by atoms with Gasteiger partial charge >= 0.3 is 0 Å². The summed E-state index contributed by atoms with van der Waals surface area (Å²) in [4.78, 5) is 9.35. The first-order valence-corrected chi connectivity index (χ1v) is 6.93. The molecule has 4 rings (SSSR count). The van der Waals surface area contributed by atoms with E-state index < -0.39 is 0 Å². The number of hydrogen-bond donors (Lipinski definition) is 1. The van der Waals surface area contributed by atoms with Gasteiger partial charge in [-0.05, 0) is 37.8 Å². The SMILES string of the molecule is NC1CCCC1c1nc2cccnc2n1C1CC1. The fraction of sp³-hybridized carbons (Fsp3) is 0.571. The van der Waals surface area contributed by atoms with E-state index in [1.165, 1.54) is 31.5 Å². The molecule has 18 heavy (non-hydrogen) atoms. The number of hydrogen-bond acceptors (Lipinski definition) is 3. The molecule has 0 spiro atoms. The molecule has 2 aromatic rings. The van der Waals surface area contributed by atoms with Gasteiger partial charge in [0, 0.05) is 24.2 Å². The van der Waals surface area contributed by atoms with Crippen molar-refractivity contribution in [3.8, 4) is 0 Å². The summed E-state index contributed by atoms with van der Waals surface area (Å²) in [6.45, 7) is 0. The number of pyridine rings is 1. The lowest BCUT2D eigenvalue weighted by molar-refractivity contribution is 0.545. The maximum absolute atomic E-state index is 6.25. The van der Waals surface area contributed by atoms with Crippen LogP contribution in [0.2, 0.25) is 0 Å². The molecule has 0 aromatic carbocycles. The van der Waals surface area contributed by atoms with Crippen molar-refractivity contribution in [1.82, 2.24) is 14.5 Å². The number of fused-ring (bicyclic) bond motifs is 1. The Hall–Kier alpha value is -1.42. The van der Waals surface area contributed by atoms with E-state index in [0.717, 1.165) is 17.6 Å². The molecule has 2 aliphatic carbocycles. The van der Waals surface area contributed by atoms with E-state index in [1.807, 2.05) is 12.3 Å². The monoisotopic (exact) mass is 242 g/mol. The van der Waals surface area contributed by atoms with Gasteiger partial charge in [-0.1, -0.05) is 6.42 Å². The van der Waals surface area contributed by atoms with E-state index in [9.17, 15) is 0 Å². The van der Waals surface area contributed by atoms with Crippen molar-refractivity contribution in [2.45, 2.75) is 50.1 Å². The largest absolute Gasteiger partial charge is 0.327 e. The molecule has 4 nitrogen and oxygen atoms in total.